The number of alkyl halides is 3. The molecular formula is C29H38F3N5O5. The number of anilines is 1. The summed E-state index contributed by atoms with van der Waals surface area (Å²) in [7, 11) is 0. The molecule has 0 saturated carbocycles. The van der Waals surface area contributed by atoms with Crippen molar-refractivity contribution in [2.45, 2.75) is 65.8 Å². The van der Waals surface area contributed by atoms with Gasteiger partial charge in [0, 0.05) is 29.9 Å². The molecule has 0 radical (unpaired) electrons. The second kappa shape index (κ2) is 14.7. The van der Waals surface area contributed by atoms with Crippen LogP contribution in [0.1, 0.15) is 60.3 Å². The quantitative estimate of drug-likeness (QED) is 0.269. The van der Waals surface area contributed by atoms with Crippen molar-refractivity contribution in [3.05, 3.63) is 64.2 Å². The summed E-state index contributed by atoms with van der Waals surface area (Å²) in [5, 5.41) is 12.9. The number of carbonyl (C=O) groups excluding carboxylic acids is 4. The van der Waals surface area contributed by atoms with Gasteiger partial charge in [-0.15, -0.1) is 0 Å². The van der Waals surface area contributed by atoms with E-state index in [9.17, 15) is 32.3 Å². The molecule has 1 atom stereocenters. The maximum absolute atomic E-state index is 13.4. The Morgan fingerprint density at radius 1 is 0.976 bits per heavy atom. The third kappa shape index (κ3) is 11.4. The predicted octanol–water partition coefficient (Wildman–Crippen LogP) is 3.81. The van der Waals surface area contributed by atoms with Crippen LogP contribution in [0.2, 0.25) is 0 Å². The van der Waals surface area contributed by atoms with Crippen molar-refractivity contribution < 1.29 is 37.1 Å². The molecule has 0 aliphatic carbocycles. The van der Waals surface area contributed by atoms with Gasteiger partial charge in [0.25, 0.3) is 5.91 Å². The largest absolute Gasteiger partial charge is 0.450 e. The molecule has 0 unspecified atom stereocenters. The van der Waals surface area contributed by atoms with Gasteiger partial charge in [-0.1, -0.05) is 23.8 Å². The zero-order valence-electron chi connectivity index (χ0n) is 24.5. The lowest BCUT2D eigenvalue weighted by Gasteiger charge is -2.26. The van der Waals surface area contributed by atoms with Crippen LogP contribution >= 0.6 is 0 Å². The number of carbonyl (C=O) groups is 4. The van der Waals surface area contributed by atoms with Crippen LogP contribution in [0.25, 0.3) is 0 Å². The molecule has 42 heavy (non-hydrogen) atoms. The number of aryl methyl sites for hydroxylation is 2. The maximum atomic E-state index is 13.4. The highest BCUT2D eigenvalue weighted by Crippen LogP contribution is 2.32. The number of benzene rings is 2. The highest BCUT2D eigenvalue weighted by atomic mass is 19.4. The Bertz CT molecular complexity index is 1290. The van der Waals surface area contributed by atoms with Crippen molar-refractivity contribution >= 4 is 29.5 Å². The molecule has 0 aliphatic heterocycles. The first-order chi connectivity index (χ1) is 19.5. The summed E-state index contributed by atoms with van der Waals surface area (Å²) in [5.74, 6) is -2.18. The lowest BCUT2D eigenvalue weighted by Crippen LogP contribution is -2.56. The molecule has 10 nitrogen and oxygen atoms in total. The Morgan fingerprint density at radius 3 is 2.26 bits per heavy atom. The minimum atomic E-state index is -4.81. The van der Waals surface area contributed by atoms with Crippen LogP contribution in [0.4, 0.5) is 23.7 Å². The van der Waals surface area contributed by atoms with E-state index in [0.29, 0.717) is 18.7 Å². The van der Waals surface area contributed by atoms with Crippen molar-refractivity contribution in [1.29, 1.82) is 0 Å². The molecule has 0 spiro atoms. The van der Waals surface area contributed by atoms with Crippen LogP contribution < -0.4 is 26.6 Å². The van der Waals surface area contributed by atoms with Gasteiger partial charge < -0.3 is 26.0 Å². The summed E-state index contributed by atoms with van der Waals surface area (Å²) in [4.78, 5) is 50.0. The van der Waals surface area contributed by atoms with Crippen molar-refractivity contribution in [2.75, 3.05) is 25.0 Å². The lowest BCUT2D eigenvalue weighted by molar-refractivity contribution is -0.137. The van der Waals surface area contributed by atoms with Crippen molar-refractivity contribution in [2.24, 2.45) is 0 Å². The van der Waals surface area contributed by atoms with Crippen LogP contribution in [0.5, 0.6) is 0 Å². The predicted molar refractivity (Wildman–Crippen MR) is 152 cm³/mol. The fraction of sp³-hybridized carbons (Fsp3) is 0.448. The SMILES string of the molecule is CCOC(=O)Nc1cc(C(=O)NCC(=O)N[C@@H](CNCc2ccc(C)cc2C)C(=O)NC(C)(C)C)cc(C(F)(F)F)c1. The molecular weight excluding hydrogens is 555 g/mol. The number of hydrogen-bond acceptors (Lipinski definition) is 6. The van der Waals surface area contributed by atoms with E-state index < -0.39 is 59.2 Å². The highest BCUT2D eigenvalue weighted by Gasteiger charge is 2.32. The monoisotopic (exact) mass is 593 g/mol. The van der Waals surface area contributed by atoms with E-state index in [0.717, 1.165) is 22.8 Å². The fourth-order valence-electron chi connectivity index (χ4n) is 3.85. The minimum absolute atomic E-state index is 0.0108. The molecule has 0 bridgehead atoms. The molecule has 2 aromatic rings. The molecule has 4 amide bonds. The number of ether oxygens (including phenoxy) is 1. The van der Waals surface area contributed by atoms with Gasteiger partial charge in [-0.05, 0) is 70.9 Å². The molecule has 2 rings (SSSR count). The fourth-order valence-corrected chi connectivity index (χ4v) is 3.85. The average molecular weight is 594 g/mol. The first kappa shape index (κ1) is 34.1. The molecule has 5 N–H and O–H groups in total. The van der Waals surface area contributed by atoms with E-state index in [1.54, 1.807) is 20.8 Å². The zero-order chi connectivity index (χ0) is 31.7. The van der Waals surface area contributed by atoms with Crippen LogP contribution in [0.15, 0.2) is 36.4 Å². The van der Waals surface area contributed by atoms with E-state index >= 15 is 0 Å². The number of nitrogens with one attached hydrogen (secondary N) is 5. The number of hydrogen-bond donors (Lipinski definition) is 5. The van der Waals surface area contributed by atoms with E-state index in [1.165, 1.54) is 6.92 Å². The Hall–Kier alpha value is -4.13. The lowest BCUT2D eigenvalue weighted by atomic mass is 10.1. The summed E-state index contributed by atoms with van der Waals surface area (Å²) in [6.45, 7) is 10.7. The second-order valence-electron chi connectivity index (χ2n) is 10.7. The topological polar surface area (TPSA) is 138 Å². The van der Waals surface area contributed by atoms with Gasteiger partial charge in [-0.3, -0.25) is 19.7 Å². The van der Waals surface area contributed by atoms with Gasteiger partial charge in [-0.2, -0.15) is 13.2 Å². The second-order valence-corrected chi connectivity index (χ2v) is 10.7. The van der Waals surface area contributed by atoms with Crippen molar-refractivity contribution in [3.63, 3.8) is 0 Å². The van der Waals surface area contributed by atoms with E-state index in [2.05, 4.69) is 31.3 Å². The van der Waals surface area contributed by atoms with E-state index in [1.807, 2.05) is 32.0 Å². The van der Waals surface area contributed by atoms with Gasteiger partial charge in [0.2, 0.25) is 11.8 Å². The first-order valence-electron chi connectivity index (χ1n) is 13.3. The molecule has 230 valence electrons. The summed E-state index contributed by atoms with van der Waals surface area (Å²) < 4.78 is 44.9. The smallest absolute Gasteiger partial charge is 0.416 e. The first-order valence-corrected chi connectivity index (χ1v) is 13.3. The normalized spacial score (nSPS) is 12.2. The molecule has 2 aromatic carbocycles. The van der Waals surface area contributed by atoms with Crippen molar-refractivity contribution in [1.82, 2.24) is 21.3 Å². The van der Waals surface area contributed by atoms with Crippen molar-refractivity contribution in [3.8, 4) is 0 Å². The summed E-state index contributed by atoms with van der Waals surface area (Å²) in [6, 6.07) is 7.25. The summed E-state index contributed by atoms with van der Waals surface area (Å²) in [6.07, 6.45) is -5.80. The average Bonchev–Trinajstić information content (AvgIpc) is 2.86. The maximum Gasteiger partial charge on any atom is 0.416 e. The van der Waals surface area contributed by atoms with Gasteiger partial charge >= 0.3 is 12.3 Å². The van der Waals surface area contributed by atoms with E-state index in [4.69, 9.17) is 0 Å². The number of halogens is 3. The van der Waals surface area contributed by atoms with Crippen LogP contribution in [0.3, 0.4) is 0 Å². The third-order valence-electron chi connectivity index (χ3n) is 5.77. The Morgan fingerprint density at radius 2 is 1.67 bits per heavy atom. The molecule has 0 aliphatic rings. The summed E-state index contributed by atoms with van der Waals surface area (Å²) >= 11 is 0. The Labute approximate surface area is 243 Å². The zero-order valence-corrected chi connectivity index (χ0v) is 24.5. The molecule has 0 aromatic heterocycles. The van der Waals surface area contributed by atoms with Gasteiger partial charge in [-0.25, -0.2) is 4.79 Å². The van der Waals surface area contributed by atoms with Gasteiger partial charge in [0.05, 0.1) is 18.7 Å². The summed E-state index contributed by atoms with van der Waals surface area (Å²) in [5.41, 5.74) is 0.686. The standard InChI is InChI=1S/C29H38F3N5O5/c1-7-42-27(41)35-22-12-20(11-21(13-22)29(30,31)32)25(39)34-16-24(38)36-23(26(40)37-28(4,5)6)15-33-14-19-9-8-17(2)10-18(19)3/h8-13,23,33H,7,14-16H2,1-6H3,(H,34,39)(H,35,41)(H,36,38)(H,37,40)/t23-/m0/s1. The highest BCUT2D eigenvalue weighted by molar-refractivity contribution is 5.99. The Balaban J connectivity index is 2.10. The van der Waals surface area contributed by atoms with Crippen LogP contribution in [0, 0.1) is 13.8 Å². The van der Waals surface area contributed by atoms with Gasteiger partial charge in [0.15, 0.2) is 0 Å². The number of amides is 4. The van der Waals surface area contributed by atoms with Gasteiger partial charge in [0.1, 0.15) is 6.04 Å². The third-order valence-corrected chi connectivity index (χ3v) is 5.77. The van der Waals surface area contributed by atoms with E-state index in [-0.39, 0.29) is 18.8 Å². The molecule has 0 heterocycles. The molecule has 0 saturated heterocycles. The minimum Gasteiger partial charge on any atom is -0.450 e. The number of rotatable bonds is 11. The van der Waals surface area contributed by atoms with Crippen LogP contribution in [-0.4, -0.2) is 55.1 Å². The molecule has 13 heteroatoms. The molecule has 0 fully saturated rings. The van der Waals surface area contributed by atoms with Crippen LogP contribution in [-0.2, 0) is 27.0 Å². The Kier molecular flexibility index (Phi) is 11.9.